The van der Waals surface area contributed by atoms with Gasteiger partial charge in [0.25, 0.3) is 0 Å². The molecule has 1 heterocycles. The summed E-state index contributed by atoms with van der Waals surface area (Å²) < 4.78 is 0. The quantitative estimate of drug-likeness (QED) is 0.654. The summed E-state index contributed by atoms with van der Waals surface area (Å²) in [4.78, 5) is 6.77. The standard InChI is InChI=1S/C22H29N3/c1-5-7-20(24-6-2)25-12-10-22(11-13-25)15-18-14-17(16(3)4)8-9-19(18)21(22)23/h5-9,14,21H,2-3,10-13,15,23H2,1,4H3/b7-5+,24-20+. The van der Waals surface area contributed by atoms with Crippen LogP contribution in [0.5, 0.6) is 0 Å². The van der Waals surface area contributed by atoms with E-state index in [1.807, 2.05) is 13.0 Å². The fourth-order valence-corrected chi connectivity index (χ4v) is 4.29. The Kier molecular flexibility index (Phi) is 4.96. The first-order valence-corrected chi connectivity index (χ1v) is 9.11. The van der Waals surface area contributed by atoms with Crippen molar-refractivity contribution in [1.29, 1.82) is 0 Å². The molecule has 1 aromatic carbocycles. The molecule has 0 radical (unpaired) electrons. The number of nitrogens with two attached hydrogens (primary N) is 1. The molecular formula is C22H29N3. The van der Waals surface area contributed by atoms with Crippen LogP contribution in [0.15, 0.2) is 54.7 Å². The Balaban J connectivity index is 1.78. The summed E-state index contributed by atoms with van der Waals surface area (Å²) in [6.45, 7) is 13.9. The third kappa shape index (κ3) is 3.21. The van der Waals surface area contributed by atoms with Crippen molar-refractivity contribution in [1.82, 2.24) is 4.90 Å². The summed E-state index contributed by atoms with van der Waals surface area (Å²) in [5, 5.41) is 0. The third-order valence-electron chi connectivity index (χ3n) is 5.80. The fraction of sp³-hybridized carbons (Fsp3) is 0.409. The van der Waals surface area contributed by atoms with Crippen molar-refractivity contribution in [3.63, 3.8) is 0 Å². The van der Waals surface area contributed by atoms with Gasteiger partial charge in [0.1, 0.15) is 5.84 Å². The number of aliphatic imine (C=N–C) groups is 1. The van der Waals surface area contributed by atoms with Crippen molar-refractivity contribution in [2.45, 2.75) is 39.2 Å². The molecule has 0 saturated carbocycles. The van der Waals surface area contributed by atoms with Gasteiger partial charge in [-0.15, -0.1) is 0 Å². The summed E-state index contributed by atoms with van der Waals surface area (Å²) in [7, 11) is 0. The average Bonchev–Trinajstić information content (AvgIpc) is 2.87. The summed E-state index contributed by atoms with van der Waals surface area (Å²) in [6.07, 6.45) is 8.98. The van der Waals surface area contributed by atoms with Crippen LogP contribution in [0.25, 0.3) is 5.57 Å². The maximum absolute atomic E-state index is 6.72. The molecule has 1 unspecified atom stereocenters. The van der Waals surface area contributed by atoms with E-state index < -0.39 is 0 Å². The summed E-state index contributed by atoms with van der Waals surface area (Å²) in [5.74, 6) is 1.00. The number of rotatable bonds is 3. The van der Waals surface area contributed by atoms with Crippen LogP contribution >= 0.6 is 0 Å². The number of fused-ring (bicyclic) bond motifs is 1. The molecule has 3 nitrogen and oxygen atoms in total. The first-order valence-electron chi connectivity index (χ1n) is 9.11. The molecule has 3 rings (SSSR count). The van der Waals surface area contributed by atoms with E-state index in [2.05, 4.69) is 54.2 Å². The minimum Gasteiger partial charge on any atom is -0.357 e. The Morgan fingerprint density at radius 1 is 1.36 bits per heavy atom. The van der Waals surface area contributed by atoms with E-state index in [4.69, 9.17) is 5.73 Å². The third-order valence-corrected chi connectivity index (χ3v) is 5.80. The number of hydrogen-bond acceptors (Lipinski definition) is 2. The molecule has 0 amide bonds. The fourth-order valence-electron chi connectivity index (χ4n) is 4.29. The lowest BCUT2D eigenvalue weighted by atomic mass is 9.73. The highest BCUT2D eigenvalue weighted by Crippen LogP contribution is 2.51. The molecule has 3 heteroatoms. The van der Waals surface area contributed by atoms with Gasteiger partial charge in [-0.25, -0.2) is 4.99 Å². The maximum Gasteiger partial charge on any atom is 0.128 e. The lowest BCUT2D eigenvalue weighted by molar-refractivity contribution is 0.128. The van der Waals surface area contributed by atoms with Gasteiger partial charge in [-0.05, 0) is 61.3 Å². The highest BCUT2D eigenvalue weighted by Gasteiger charge is 2.46. The van der Waals surface area contributed by atoms with Gasteiger partial charge in [0.15, 0.2) is 0 Å². The molecule has 2 aliphatic rings. The Labute approximate surface area is 151 Å². The van der Waals surface area contributed by atoms with Crippen molar-refractivity contribution in [3.8, 4) is 0 Å². The first-order chi connectivity index (χ1) is 12.0. The van der Waals surface area contributed by atoms with Crippen LogP contribution in [0.3, 0.4) is 0 Å². The van der Waals surface area contributed by atoms with Crippen LogP contribution in [0.4, 0.5) is 0 Å². The van der Waals surface area contributed by atoms with Gasteiger partial charge >= 0.3 is 0 Å². The Morgan fingerprint density at radius 3 is 2.68 bits per heavy atom. The van der Waals surface area contributed by atoms with Crippen LogP contribution in [0.2, 0.25) is 0 Å². The Hall–Kier alpha value is -2.13. The second-order valence-corrected chi connectivity index (χ2v) is 7.37. The monoisotopic (exact) mass is 335 g/mol. The topological polar surface area (TPSA) is 41.6 Å². The predicted molar refractivity (Wildman–Crippen MR) is 107 cm³/mol. The van der Waals surface area contributed by atoms with Crippen LogP contribution < -0.4 is 5.73 Å². The van der Waals surface area contributed by atoms with Gasteiger partial charge in [0.2, 0.25) is 0 Å². The maximum atomic E-state index is 6.72. The van der Waals surface area contributed by atoms with E-state index in [1.54, 1.807) is 6.20 Å². The number of allylic oxidation sites excluding steroid dienone is 2. The molecule has 132 valence electrons. The number of benzene rings is 1. The zero-order valence-electron chi connectivity index (χ0n) is 15.5. The van der Waals surface area contributed by atoms with E-state index >= 15 is 0 Å². The zero-order valence-corrected chi connectivity index (χ0v) is 15.5. The Morgan fingerprint density at radius 2 is 2.08 bits per heavy atom. The predicted octanol–water partition coefficient (Wildman–Crippen LogP) is 4.48. The lowest BCUT2D eigenvalue weighted by Gasteiger charge is -2.42. The van der Waals surface area contributed by atoms with Gasteiger partial charge in [-0.1, -0.05) is 43.0 Å². The molecule has 0 aromatic heterocycles. The molecule has 1 spiro atoms. The largest absolute Gasteiger partial charge is 0.357 e. The van der Waals surface area contributed by atoms with E-state index in [1.165, 1.54) is 16.7 Å². The van der Waals surface area contributed by atoms with Crippen molar-refractivity contribution >= 4 is 11.4 Å². The van der Waals surface area contributed by atoms with Crippen molar-refractivity contribution in [2.75, 3.05) is 13.1 Å². The van der Waals surface area contributed by atoms with Gasteiger partial charge < -0.3 is 10.6 Å². The Bertz CT molecular complexity index is 734. The summed E-state index contributed by atoms with van der Waals surface area (Å²) in [5.41, 5.74) is 12.0. The number of likely N-dealkylation sites (tertiary alicyclic amines) is 1. The van der Waals surface area contributed by atoms with Gasteiger partial charge in [-0.2, -0.15) is 0 Å². The summed E-state index contributed by atoms with van der Waals surface area (Å²) in [6, 6.07) is 6.81. The van der Waals surface area contributed by atoms with E-state index in [0.717, 1.165) is 43.8 Å². The van der Waals surface area contributed by atoms with Crippen molar-refractivity contribution in [2.24, 2.45) is 16.1 Å². The minimum absolute atomic E-state index is 0.130. The van der Waals surface area contributed by atoms with Gasteiger partial charge in [-0.3, -0.25) is 0 Å². The minimum atomic E-state index is 0.130. The normalized spacial score (nSPS) is 22.4. The van der Waals surface area contributed by atoms with E-state index in [9.17, 15) is 0 Å². The highest BCUT2D eigenvalue weighted by atomic mass is 15.2. The molecule has 1 aliphatic carbocycles. The molecule has 1 aromatic rings. The van der Waals surface area contributed by atoms with Crippen LogP contribution in [0, 0.1) is 5.41 Å². The second-order valence-electron chi connectivity index (χ2n) is 7.37. The molecule has 0 bridgehead atoms. The molecule has 1 atom stereocenters. The van der Waals surface area contributed by atoms with Crippen molar-refractivity contribution < 1.29 is 0 Å². The van der Waals surface area contributed by atoms with Crippen LogP contribution in [0.1, 0.15) is 49.4 Å². The molecule has 1 saturated heterocycles. The average molecular weight is 335 g/mol. The summed E-state index contributed by atoms with van der Waals surface area (Å²) >= 11 is 0. The highest BCUT2D eigenvalue weighted by molar-refractivity contribution is 5.93. The molecular weight excluding hydrogens is 306 g/mol. The molecule has 1 aliphatic heterocycles. The number of piperidine rings is 1. The molecule has 1 fully saturated rings. The van der Waals surface area contributed by atoms with Crippen LogP contribution in [-0.2, 0) is 6.42 Å². The van der Waals surface area contributed by atoms with Gasteiger partial charge in [0, 0.05) is 25.3 Å². The number of amidine groups is 1. The SMILES string of the molecule is C=C/N=C(\C=C\C)N1CCC2(CC1)Cc1cc(C(=C)C)ccc1C2N. The zero-order chi connectivity index (χ0) is 18.0. The lowest BCUT2D eigenvalue weighted by Crippen LogP contribution is -2.46. The molecule has 2 N–H and O–H groups in total. The second kappa shape index (κ2) is 7.01. The van der Waals surface area contributed by atoms with Crippen molar-refractivity contribution in [3.05, 3.63) is 66.4 Å². The first kappa shape index (κ1) is 17.7. The number of hydrogen-bond donors (Lipinski definition) is 1. The van der Waals surface area contributed by atoms with Gasteiger partial charge in [0.05, 0.1) is 0 Å². The smallest absolute Gasteiger partial charge is 0.128 e. The molecule has 25 heavy (non-hydrogen) atoms. The van der Waals surface area contributed by atoms with E-state index in [-0.39, 0.29) is 11.5 Å². The number of nitrogens with zero attached hydrogens (tertiary/aromatic N) is 2. The van der Waals surface area contributed by atoms with Crippen LogP contribution in [-0.4, -0.2) is 23.8 Å². The van der Waals surface area contributed by atoms with E-state index in [0.29, 0.717) is 0 Å².